The number of aryl methyl sites for hydroxylation is 2. The summed E-state index contributed by atoms with van der Waals surface area (Å²) in [6, 6.07) is 1.64. The zero-order valence-electron chi connectivity index (χ0n) is 15.3. The van der Waals surface area contributed by atoms with Crippen LogP contribution in [0.5, 0.6) is 0 Å². The van der Waals surface area contributed by atoms with Gasteiger partial charge in [-0.1, -0.05) is 13.8 Å². The number of hydrogen-bond acceptors (Lipinski definition) is 6. The Bertz CT molecular complexity index is 998. The molecule has 3 heterocycles. The minimum Gasteiger partial charge on any atom is -0.465 e. The van der Waals surface area contributed by atoms with Gasteiger partial charge < -0.3 is 9.30 Å². The first-order valence-electron chi connectivity index (χ1n) is 8.42. The van der Waals surface area contributed by atoms with Crippen LogP contribution in [-0.4, -0.2) is 42.0 Å². The van der Waals surface area contributed by atoms with E-state index in [9.17, 15) is 9.59 Å². The Morgan fingerprint density at radius 1 is 1.31 bits per heavy atom. The Hall–Kier alpha value is -2.97. The topological polar surface area (TPSA) is 96.8 Å². The van der Waals surface area contributed by atoms with E-state index in [4.69, 9.17) is 4.74 Å². The monoisotopic (exact) mass is 358 g/mol. The van der Waals surface area contributed by atoms with E-state index < -0.39 is 5.97 Å². The number of methoxy groups -OCH3 is 1. The van der Waals surface area contributed by atoms with Crippen LogP contribution in [0.25, 0.3) is 11.2 Å². The Morgan fingerprint density at radius 2 is 2.08 bits per heavy atom. The molecule has 0 fully saturated rings. The van der Waals surface area contributed by atoms with Crippen molar-refractivity contribution in [3.05, 3.63) is 40.5 Å². The zero-order chi connectivity index (χ0) is 18.8. The van der Waals surface area contributed by atoms with Crippen LogP contribution in [0.4, 0.5) is 0 Å². The third-order valence-electron chi connectivity index (χ3n) is 4.31. The third-order valence-corrected chi connectivity index (χ3v) is 4.31. The van der Waals surface area contributed by atoms with E-state index in [0.29, 0.717) is 35.0 Å². The fourth-order valence-corrected chi connectivity index (χ4v) is 2.75. The highest BCUT2D eigenvalue weighted by Gasteiger charge is 2.19. The van der Waals surface area contributed by atoms with Crippen molar-refractivity contribution >= 4 is 17.1 Å². The lowest BCUT2D eigenvalue weighted by atomic mass is 10.1. The van der Waals surface area contributed by atoms with Crippen LogP contribution in [0, 0.1) is 5.92 Å². The van der Waals surface area contributed by atoms with Gasteiger partial charge in [0, 0.05) is 19.8 Å². The fraction of sp³-hybridized carbons (Fsp3) is 0.471. The SMILES string of the molecule is COC(=O)c1cnc2c(c1)n(Cc1nncn1C)c(=O)n2CCC(C)C. The largest absolute Gasteiger partial charge is 0.465 e. The number of imidazole rings is 1. The molecule has 0 saturated heterocycles. The predicted molar refractivity (Wildman–Crippen MR) is 94.9 cm³/mol. The summed E-state index contributed by atoms with van der Waals surface area (Å²) in [7, 11) is 3.13. The van der Waals surface area contributed by atoms with E-state index in [2.05, 4.69) is 29.0 Å². The Morgan fingerprint density at radius 3 is 2.69 bits per heavy atom. The number of aromatic nitrogens is 6. The molecule has 0 unspecified atom stereocenters. The molecule has 3 aromatic heterocycles. The fourth-order valence-electron chi connectivity index (χ4n) is 2.75. The number of nitrogens with zero attached hydrogens (tertiary/aromatic N) is 6. The summed E-state index contributed by atoms with van der Waals surface area (Å²) < 4.78 is 9.73. The Kier molecular flexibility index (Phi) is 4.88. The molecule has 3 aromatic rings. The van der Waals surface area contributed by atoms with E-state index in [0.717, 1.165) is 6.42 Å². The summed E-state index contributed by atoms with van der Waals surface area (Å²) >= 11 is 0. The molecule has 0 N–H and O–H groups in total. The number of carbonyl (C=O) groups excluding carboxylic acids is 1. The third kappa shape index (κ3) is 3.24. The van der Waals surface area contributed by atoms with Gasteiger partial charge in [-0.05, 0) is 18.4 Å². The molecule has 26 heavy (non-hydrogen) atoms. The molecule has 0 atom stereocenters. The molecular formula is C17H22N6O3. The van der Waals surface area contributed by atoms with Crippen molar-refractivity contribution < 1.29 is 9.53 Å². The van der Waals surface area contributed by atoms with E-state index >= 15 is 0 Å². The first-order valence-corrected chi connectivity index (χ1v) is 8.42. The molecule has 0 aliphatic heterocycles. The quantitative estimate of drug-likeness (QED) is 0.615. The first kappa shape index (κ1) is 17.8. The number of rotatable bonds is 6. The minimum absolute atomic E-state index is 0.182. The lowest BCUT2D eigenvalue weighted by molar-refractivity contribution is 0.0600. The summed E-state index contributed by atoms with van der Waals surface area (Å²) in [5, 5.41) is 7.90. The molecule has 0 bridgehead atoms. The maximum atomic E-state index is 13.0. The van der Waals surface area contributed by atoms with E-state index in [1.165, 1.54) is 13.3 Å². The lowest BCUT2D eigenvalue weighted by Crippen LogP contribution is -2.26. The van der Waals surface area contributed by atoms with Crippen molar-refractivity contribution in [3.63, 3.8) is 0 Å². The normalized spacial score (nSPS) is 11.4. The van der Waals surface area contributed by atoms with Crippen LogP contribution in [0.3, 0.4) is 0 Å². The van der Waals surface area contributed by atoms with E-state index in [1.54, 1.807) is 26.1 Å². The summed E-state index contributed by atoms with van der Waals surface area (Å²) in [6.45, 7) is 5.01. The minimum atomic E-state index is -0.494. The summed E-state index contributed by atoms with van der Waals surface area (Å²) in [5.74, 6) is 0.596. The van der Waals surface area contributed by atoms with Crippen molar-refractivity contribution in [1.82, 2.24) is 28.9 Å². The van der Waals surface area contributed by atoms with E-state index in [-0.39, 0.29) is 12.2 Å². The molecule has 0 aromatic carbocycles. The number of esters is 1. The van der Waals surface area contributed by atoms with Crippen LogP contribution < -0.4 is 5.69 Å². The first-order chi connectivity index (χ1) is 12.4. The number of pyridine rings is 1. The molecule has 0 aliphatic rings. The average Bonchev–Trinajstić information content (AvgIpc) is 3.14. The number of ether oxygens (including phenoxy) is 1. The molecular weight excluding hydrogens is 336 g/mol. The average molecular weight is 358 g/mol. The van der Waals surface area contributed by atoms with Gasteiger partial charge >= 0.3 is 11.7 Å². The second-order valence-electron chi connectivity index (χ2n) is 6.62. The van der Waals surface area contributed by atoms with Crippen LogP contribution in [-0.2, 0) is 24.9 Å². The zero-order valence-corrected chi connectivity index (χ0v) is 15.3. The second kappa shape index (κ2) is 7.11. The van der Waals surface area contributed by atoms with Crippen molar-refractivity contribution in [1.29, 1.82) is 0 Å². The van der Waals surface area contributed by atoms with Gasteiger partial charge in [-0.2, -0.15) is 0 Å². The number of hydrogen-bond donors (Lipinski definition) is 0. The highest BCUT2D eigenvalue weighted by molar-refractivity contribution is 5.92. The Labute approximate surface area is 150 Å². The Balaban J connectivity index is 2.15. The van der Waals surface area contributed by atoms with Gasteiger partial charge in [0.2, 0.25) is 0 Å². The van der Waals surface area contributed by atoms with Crippen LogP contribution in [0.2, 0.25) is 0 Å². The molecule has 9 nitrogen and oxygen atoms in total. The van der Waals surface area contributed by atoms with Crippen molar-refractivity contribution in [3.8, 4) is 0 Å². The van der Waals surface area contributed by atoms with Crippen molar-refractivity contribution in [2.45, 2.75) is 33.4 Å². The molecule has 0 spiro atoms. The predicted octanol–water partition coefficient (Wildman–Crippen LogP) is 1.21. The summed E-state index contributed by atoms with van der Waals surface area (Å²) in [6.07, 6.45) is 3.87. The van der Waals surface area contributed by atoms with Gasteiger partial charge in [0.1, 0.15) is 6.33 Å². The molecule has 0 radical (unpaired) electrons. The molecule has 0 aliphatic carbocycles. The smallest absolute Gasteiger partial charge is 0.339 e. The highest BCUT2D eigenvalue weighted by atomic mass is 16.5. The maximum Gasteiger partial charge on any atom is 0.339 e. The van der Waals surface area contributed by atoms with Crippen LogP contribution in [0.1, 0.15) is 36.5 Å². The van der Waals surface area contributed by atoms with Gasteiger partial charge in [0.05, 0.1) is 24.7 Å². The number of fused-ring (bicyclic) bond motifs is 1. The van der Waals surface area contributed by atoms with Crippen LogP contribution in [0.15, 0.2) is 23.4 Å². The van der Waals surface area contributed by atoms with Gasteiger partial charge in [-0.15, -0.1) is 10.2 Å². The highest BCUT2D eigenvalue weighted by Crippen LogP contribution is 2.16. The summed E-state index contributed by atoms with van der Waals surface area (Å²) in [4.78, 5) is 29.2. The van der Waals surface area contributed by atoms with Crippen molar-refractivity contribution in [2.75, 3.05) is 7.11 Å². The molecule has 9 heteroatoms. The number of carbonyl (C=O) groups is 1. The summed E-state index contributed by atoms with van der Waals surface area (Å²) in [5.41, 5.74) is 1.24. The van der Waals surface area contributed by atoms with Gasteiger partial charge in [0.25, 0.3) is 0 Å². The van der Waals surface area contributed by atoms with Crippen molar-refractivity contribution in [2.24, 2.45) is 13.0 Å². The molecule has 138 valence electrons. The maximum absolute atomic E-state index is 13.0. The molecule has 3 rings (SSSR count). The van der Waals surface area contributed by atoms with Gasteiger partial charge in [-0.25, -0.2) is 14.6 Å². The second-order valence-corrected chi connectivity index (χ2v) is 6.62. The standard InChI is InChI=1S/C17H22N6O3/c1-11(2)5-6-22-15-13(7-12(8-18-15)16(24)26-4)23(17(22)25)9-14-20-19-10-21(14)3/h7-8,10-11H,5-6,9H2,1-4H3. The van der Waals surface area contributed by atoms with Gasteiger partial charge in [-0.3, -0.25) is 9.13 Å². The van der Waals surface area contributed by atoms with E-state index in [1.807, 2.05) is 7.05 Å². The molecule has 0 amide bonds. The lowest BCUT2D eigenvalue weighted by Gasteiger charge is -2.05. The molecule has 0 saturated carbocycles. The van der Waals surface area contributed by atoms with Gasteiger partial charge in [0.15, 0.2) is 11.5 Å². The van der Waals surface area contributed by atoms with Crippen LogP contribution >= 0.6 is 0 Å².